The Kier molecular flexibility index (Phi) is 3.97. The van der Waals surface area contributed by atoms with E-state index in [0.29, 0.717) is 12.2 Å². The van der Waals surface area contributed by atoms with Crippen LogP contribution in [0.4, 0.5) is 0 Å². The zero-order valence-corrected chi connectivity index (χ0v) is 8.03. The first-order valence-electron chi connectivity index (χ1n) is 4.49. The van der Waals surface area contributed by atoms with Crippen LogP contribution in [0.25, 0.3) is 5.70 Å². The highest BCUT2D eigenvalue weighted by molar-refractivity contribution is 5.62. The van der Waals surface area contributed by atoms with Gasteiger partial charge in [-0.15, -0.1) is 0 Å². The van der Waals surface area contributed by atoms with Crippen molar-refractivity contribution in [3.8, 4) is 0 Å². The van der Waals surface area contributed by atoms with Crippen molar-refractivity contribution in [2.75, 3.05) is 6.54 Å². The molecule has 0 unspecified atom stereocenters. The number of rotatable bonds is 4. The van der Waals surface area contributed by atoms with E-state index < -0.39 is 0 Å². The molecule has 7 N–H and O–H groups in total. The van der Waals surface area contributed by atoms with Gasteiger partial charge in [0.1, 0.15) is 0 Å². The van der Waals surface area contributed by atoms with Crippen LogP contribution >= 0.6 is 0 Å². The molecule has 14 heavy (non-hydrogen) atoms. The van der Waals surface area contributed by atoms with Crippen LogP contribution in [0.3, 0.4) is 0 Å². The highest BCUT2D eigenvalue weighted by Gasteiger charge is 1.96. The van der Waals surface area contributed by atoms with Crippen LogP contribution in [0.2, 0.25) is 0 Å². The average molecular weight is 192 g/mol. The normalized spacial score (nSPS) is 11.4. The molecule has 0 aliphatic rings. The number of benzene rings is 1. The maximum absolute atomic E-state index is 5.72. The highest BCUT2D eigenvalue weighted by atomic mass is 15.2. The molecular weight excluding hydrogens is 176 g/mol. The summed E-state index contributed by atoms with van der Waals surface area (Å²) in [7, 11) is 0. The van der Waals surface area contributed by atoms with Crippen LogP contribution < -0.4 is 22.7 Å². The summed E-state index contributed by atoms with van der Waals surface area (Å²) in [5.74, 6) is 5.12. The third-order valence-electron chi connectivity index (χ3n) is 1.96. The summed E-state index contributed by atoms with van der Waals surface area (Å²) in [6, 6.07) is 7.93. The van der Waals surface area contributed by atoms with Gasteiger partial charge in [0.2, 0.25) is 0 Å². The summed E-state index contributed by atoms with van der Waals surface area (Å²) in [5.41, 5.74) is 16.3. The Morgan fingerprint density at radius 2 is 1.93 bits per heavy atom. The predicted octanol–water partition coefficient (Wildman–Crippen LogP) is -0.0918. The molecule has 0 bridgehead atoms. The lowest BCUT2D eigenvalue weighted by molar-refractivity contribution is 0.964. The molecule has 0 aromatic heterocycles. The minimum atomic E-state index is 0.617. The Morgan fingerprint density at radius 1 is 1.29 bits per heavy atom. The summed E-state index contributed by atoms with van der Waals surface area (Å²) in [6.07, 6.45) is 2.44. The molecule has 0 radical (unpaired) electrons. The highest BCUT2D eigenvalue weighted by Crippen LogP contribution is 2.09. The maximum Gasteiger partial charge on any atom is 0.0561 e. The topological polar surface area (TPSA) is 90.1 Å². The Morgan fingerprint density at radius 3 is 2.43 bits per heavy atom. The van der Waals surface area contributed by atoms with E-state index in [1.54, 1.807) is 6.20 Å². The Hall–Kier alpha value is -1.52. The first-order valence-corrected chi connectivity index (χ1v) is 4.49. The van der Waals surface area contributed by atoms with Crippen molar-refractivity contribution in [1.82, 2.24) is 5.43 Å². The van der Waals surface area contributed by atoms with Gasteiger partial charge in [-0.2, -0.15) is 0 Å². The SMILES string of the molecule is NCCc1ccc(/C(N)=C/NN)cc1. The van der Waals surface area contributed by atoms with Crippen molar-refractivity contribution >= 4 is 5.70 Å². The third kappa shape index (κ3) is 2.76. The van der Waals surface area contributed by atoms with Gasteiger partial charge < -0.3 is 16.9 Å². The molecule has 0 saturated heterocycles. The Bertz CT molecular complexity index is 302. The van der Waals surface area contributed by atoms with E-state index >= 15 is 0 Å². The molecule has 1 rings (SSSR count). The molecule has 0 aliphatic carbocycles. The van der Waals surface area contributed by atoms with Gasteiger partial charge in [-0.1, -0.05) is 24.3 Å². The van der Waals surface area contributed by atoms with Gasteiger partial charge in [0, 0.05) is 6.20 Å². The minimum Gasteiger partial charge on any atom is -0.397 e. The van der Waals surface area contributed by atoms with Crippen molar-refractivity contribution in [3.05, 3.63) is 41.6 Å². The summed E-state index contributed by atoms with van der Waals surface area (Å²) >= 11 is 0. The minimum absolute atomic E-state index is 0.617. The Balaban J connectivity index is 2.77. The fourth-order valence-corrected chi connectivity index (χ4v) is 1.20. The Labute approximate surface area is 83.7 Å². The molecule has 0 saturated carbocycles. The van der Waals surface area contributed by atoms with E-state index in [9.17, 15) is 0 Å². The summed E-state index contributed by atoms with van der Waals surface area (Å²) < 4.78 is 0. The smallest absolute Gasteiger partial charge is 0.0561 e. The molecule has 0 heterocycles. The number of hydrazine groups is 1. The van der Waals surface area contributed by atoms with Gasteiger partial charge in [-0.05, 0) is 24.1 Å². The van der Waals surface area contributed by atoms with Crippen LogP contribution in [0.1, 0.15) is 11.1 Å². The third-order valence-corrected chi connectivity index (χ3v) is 1.96. The molecule has 0 atom stereocenters. The van der Waals surface area contributed by atoms with Crippen LogP contribution in [-0.4, -0.2) is 6.54 Å². The monoisotopic (exact) mass is 192 g/mol. The molecule has 0 aliphatic heterocycles. The van der Waals surface area contributed by atoms with Crippen LogP contribution in [0.15, 0.2) is 30.5 Å². The van der Waals surface area contributed by atoms with Crippen LogP contribution in [0.5, 0.6) is 0 Å². The van der Waals surface area contributed by atoms with E-state index in [0.717, 1.165) is 12.0 Å². The van der Waals surface area contributed by atoms with Crippen LogP contribution in [-0.2, 0) is 6.42 Å². The zero-order chi connectivity index (χ0) is 10.4. The molecule has 0 fully saturated rings. The van der Waals surface area contributed by atoms with Gasteiger partial charge in [0.15, 0.2) is 0 Å². The molecule has 4 nitrogen and oxygen atoms in total. The first-order chi connectivity index (χ1) is 6.77. The molecular formula is C10H16N4. The molecule has 76 valence electrons. The van der Waals surface area contributed by atoms with E-state index in [-0.39, 0.29) is 0 Å². The van der Waals surface area contributed by atoms with Gasteiger partial charge in [-0.3, -0.25) is 5.84 Å². The summed E-state index contributed by atoms with van der Waals surface area (Å²) in [5, 5.41) is 0. The first kappa shape index (κ1) is 10.6. The second-order valence-electron chi connectivity index (χ2n) is 3.00. The molecule has 1 aromatic rings. The fraction of sp³-hybridized carbons (Fsp3) is 0.200. The molecule has 0 spiro atoms. The van der Waals surface area contributed by atoms with Gasteiger partial charge in [0.05, 0.1) is 5.70 Å². The average Bonchev–Trinajstić information content (AvgIpc) is 2.20. The predicted molar refractivity (Wildman–Crippen MR) is 58.7 cm³/mol. The number of hydrogen-bond donors (Lipinski definition) is 4. The van der Waals surface area contributed by atoms with Crippen molar-refractivity contribution in [3.63, 3.8) is 0 Å². The van der Waals surface area contributed by atoms with E-state index in [1.165, 1.54) is 5.56 Å². The van der Waals surface area contributed by atoms with E-state index in [1.807, 2.05) is 24.3 Å². The van der Waals surface area contributed by atoms with Crippen molar-refractivity contribution in [2.45, 2.75) is 6.42 Å². The number of nitrogens with one attached hydrogen (secondary N) is 1. The molecule has 0 amide bonds. The lowest BCUT2D eigenvalue weighted by Crippen LogP contribution is -2.16. The summed E-state index contributed by atoms with van der Waals surface area (Å²) in [4.78, 5) is 0. The van der Waals surface area contributed by atoms with Gasteiger partial charge >= 0.3 is 0 Å². The van der Waals surface area contributed by atoms with Gasteiger partial charge in [-0.25, -0.2) is 0 Å². The van der Waals surface area contributed by atoms with Gasteiger partial charge in [0.25, 0.3) is 0 Å². The van der Waals surface area contributed by atoms with Crippen molar-refractivity contribution in [1.29, 1.82) is 0 Å². The largest absolute Gasteiger partial charge is 0.397 e. The lowest BCUT2D eigenvalue weighted by atomic mass is 10.1. The number of nitrogens with two attached hydrogens (primary N) is 3. The lowest BCUT2D eigenvalue weighted by Gasteiger charge is -2.03. The van der Waals surface area contributed by atoms with E-state index in [4.69, 9.17) is 17.3 Å². The summed E-state index contributed by atoms with van der Waals surface area (Å²) in [6.45, 7) is 0.662. The van der Waals surface area contributed by atoms with Crippen molar-refractivity contribution in [2.24, 2.45) is 17.3 Å². The second kappa shape index (κ2) is 5.26. The number of hydrogen-bond acceptors (Lipinski definition) is 4. The zero-order valence-electron chi connectivity index (χ0n) is 8.03. The fourth-order valence-electron chi connectivity index (χ4n) is 1.20. The van der Waals surface area contributed by atoms with E-state index in [2.05, 4.69) is 5.43 Å². The molecule has 4 heteroatoms. The quantitative estimate of drug-likeness (QED) is 0.396. The standard InChI is InChI=1S/C10H16N4/c11-6-5-8-1-3-9(4-2-8)10(12)7-14-13/h1-4,7,14H,5-6,11-13H2/b10-7-. The van der Waals surface area contributed by atoms with Crippen molar-refractivity contribution < 1.29 is 0 Å². The second-order valence-corrected chi connectivity index (χ2v) is 3.00. The van der Waals surface area contributed by atoms with Crippen LogP contribution in [0, 0.1) is 0 Å². The molecule has 1 aromatic carbocycles. The maximum atomic E-state index is 5.72.